The molecule has 1 atom stereocenters. The lowest BCUT2D eigenvalue weighted by atomic mass is 10.1. The first-order valence-corrected chi connectivity index (χ1v) is 10.0. The van der Waals surface area contributed by atoms with Crippen LogP contribution in [0.2, 0.25) is 0 Å². The Morgan fingerprint density at radius 3 is 2.82 bits per heavy atom. The SMILES string of the molecule is CC(Nc1cc(NCC2CC2)n2ncc(C=C3CC(=O)NC3=O)c2n1)C1CC1. The summed E-state index contributed by atoms with van der Waals surface area (Å²) in [5.74, 6) is 2.52. The standard InChI is InChI=1S/C20H24N6O2/c1-11(13-4-5-13)23-16-8-17(21-9-12-2-3-12)26-19(24-16)15(10-22-26)6-14-7-18(27)25-20(14)28/h6,8,10-13,21H,2-5,7,9H2,1H3,(H,23,24)(H,25,27,28). The van der Waals surface area contributed by atoms with Gasteiger partial charge in [0.05, 0.1) is 12.6 Å². The van der Waals surface area contributed by atoms with Gasteiger partial charge in [0.15, 0.2) is 5.65 Å². The van der Waals surface area contributed by atoms with E-state index in [1.54, 1.807) is 16.8 Å². The van der Waals surface area contributed by atoms with Gasteiger partial charge in [-0.3, -0.25) is 14.9 Å². The van der Waals surface area contributed by atoms with Crippen LogP contribution in [0.1, 0.15) is 44.6 Å². The molecule has 2 aromatic heterocycles. The molecule has 0 bridgehead atoms. The molecule has 1 saturated heterocycles. The molecule has 5 rings (SSSR count). The molecule has 1 aliphatic heterocycles. The highest BCUT2D eigenvalue weighted by molar-refractivity contribution is 6.15. The topological polar surface area (TPSA) is 100 Å². The number of nitrogens with one attached hydrogen (secondary N) is 3. The van der Waals surface area contributed by atoms with Crippen LogP contribution < -0.4 is 16.0 Å². The van der Waals surface area contributed by atoms with Gasteiger partial charge >= 0.3 is 0 Å². The van der Waals surface area contributed by atoms with Gasteiger partial charge in [0.25, 0.3) is 5.91 Å². The van der Waals surface area contributed by atoms with Crippen LogP contribution in [-0.4, -0.2) is 39.0 Å². The average Bonchev–Trinajstić information content (AvgIpc) is 3.57. The Morgan fingerprint density at radius 2 is 2.14 bits per heavy atom. The van der Waals surface area contributed by atoms with Gasteiger partial charge in [0, 0.05) is 29.8 Å². The molecule has 3 fully saturated rings. The molecule has 3 aliphatic rings. The Balaban J connectivity index is 1.51. The summed E-state index contributed by atoms with van der Waals surface area (Å²) in [5, 5.41) is 13.8. The van der Waals surface area contributed by atoms with Gasteiger partial charge < -0.3 is 10.6 Å². The number of carbonyl (C=O) groups is 2. The number of anilines is 2. The van der Waals surface area contributed by atoms with Crippen LogP contribution in [0.25, 0.3) is 11.7 Å². The minimum atomic E-state index is -0.340. The fourth-order valence-corrected chi connectivity index (χ4v) is 3.61. The van der Waals surface area contributed by atoms with E-state index < -0.39 is 0 Å². The molecular formula is C20H24N6O2. The third-order valence-corrected chi connectivity index (χ3v) is 5.70. The molecule has 2 amide bonds. The van der Waals surface area contributed by atoms with Gasteiger partial charge in [-0.25, -0.2) is 4.98 Å². The van der Waals surface area contributed by atoms with Crippen molar-refractivity contribution in [3.05, 3.63) is 23.4 Å². The molecule has 8 nitrogen and oxygen atoms in total. The first-order chi connectivity index (χ1) is 13.6. The van der Waals surface area contributed by atoms with E-state index in [0.29, 0.717) is 23.2 Å². The maximum absolute atomic E-state index is 11.9. The van der Waals surface area contributed by atoms with E-state index >= 15 is 0 Å². The van der Waals surface area contributed by atoms with E-state index in [1.807, 2.05) is 6.07 Å². The zero-order chi connectivity index (χ0) is 19.3. The van der Waals surface area contributed by atoms with Gasteiger partial charge in [-0.05, 0) is 50.5 Å². The highest BCUT2D eigenvalue weighted by Gasteiger charge is 2.29. The number of aromatic nitrogens is 3. The largest absolute Gasteiger partial charge is 0.370 e. The summed E-state index contributed by atoms with van der Waals surface area (Å²) < 4.78 is 1.77. The quantitative estimate of drug-likeness (QED) is 0.503. The van der Waals surface area contributed by atoms with Crippen molar-refractivity contribution < 1.29 is 9.59 Å². The Hall–Kier alpha value is -2.90. The smallest absolute Gasteiger partial charge is 0.254 e. The molecule has 2 saturated carbocycles. The Labute approximate surface area is 162 Å². The number of hydrogen-bond donors (Lipinski definition) is 3. The number of nitrogens with zero attached hydrogens (tertiary/aromatic N) is 3. The van der Waals surface area contributed by atoms with E-state index in [9.17, 15) is 9.59 Å². The van der Waals surface area contributed by atoms with Gasteiger partial charge in [0.2, 0.25) is 5.91 Å². The molecule has 3 N–H and O–H groups in total. The van der Waals surface area contributed by atoms with Crippen LogP contribution in [0, 0.1) is 11.8 Å². The summed E-state index contributed by atoms with van der Waals surface area (Å²) in [6.45, 7) is 3.11. The highest BCUT2D eigenvalue weighted by Crippen LogP contribution is 2.34. The molecule has 2 aliphatic carbocycles. The van der Waals surface area contributed by atoms with E-state index in [1.165, 1.54) is 25.7 Å². The lowest BCUT2D eigenvalue weighted by Gasteiger charge is -2.16. The molecule has 2 aromatic rings. The third-order valence-electron chi connectivity index (χ3n) is 5.70. The first kappa shape index (κ1) is 17.2. The molecule has 146 valence electrons. The van der Waals surface area contributed by atoms with Gasteiger partial charge in [-0.15, -0.1) is 0 Å². The number of amides is 2. The molecule has 0 aromatic carbocycles. The molecule has 0 radical (unpaired) electrons. The second kappa shape index (κ2) is 6.61. The summed E-state index contributed by atoms with van der Waals surface area (Å²) >= 11 is 0. The van der Waals surface area contributed by atoms with Gasteiger partial charge in [-0.2, -0.15) is 9.61 Å². The van der Waals surface area contributed by atoms with E-state index in [2.05, 4.69) is 28.0 Å². The molecule has 8 heteroatoms. The van der Waals surface area contributed by atoms with Gasteiger partial charge in [0.1, 0.15) is 11.6 Å². The van der Waals surface area contributed by atoms with Crippen LogP contribution in [0.4, 0.5) is 11.6 Å². The van der Waals surface area contributed by atoms with Crippen LogP contribution in [0.5, 0.6) is 0 Å². The molecule has 0 spiro atoms. The maximum Gasteiger partial charge on any atom is 0.254 e. The maximum atomic E-state index is 11.9. The third kappa shape index (κ3) is 3.46. The van der Waals surface area contributed by atoms with Crippen LogP contribution in [0.3, 0.4) is 0 Å². The van der Waals surface area contributed by atoms with Crippen molar-refractivity contribution in [3.63, 3.8) is 0 Å². The summed E-state index contributed by atoms with van der Waals surface area (Å²) in [6.07, 6.45) is 8.57. The summed E-state index contributed by atoms with van der Waals surface area (Å²) in [7, 11) is 0. The minimum Gasteiger partial charge on any atom is -0.370 e. The minimum absolute atomic E-state index is 0.0968. The summed E-state index contributed by atoms with van der Waals surface area (Å²) in [6, 6.07) is 2.37. The van der Waals surface area contributed by atoms with E-state index in [0.717, 1.165) is 29.7 Å². The summed E-state index contributed by atoms with van der Waals surface area (Å²) in [4.78, 5) is 28.2. The fourth-order valence-electron chi connectivity index (χ4n) is 3.61. The summed E-state index contributed by atoms with van der Waals surface area (Å²) in [5.41, 5.74) is 1.85. The number of hydrogen-bond acceptors (Lipinski definition) is 6. The number of rotatable bonds is 7. The lowest BCUT2D eigenvalue weighted by molar-refractivity contribution is -0.124. The van der Waals surface area contributed by atoms with Crippen molar-refractivity contribution in [2.24, 2.45) is 11.8 Å². The normalized spacial score (nSPS) is 22.0. The Bertz CT molecular complexity index is 986. The zero-order valence-corrected chi connectivity index (χ0v) is 15.9. The van der Waals surface area contributed by atoms with Crippen LogP contribution in [0.15, 0.2) is 17.8 Å². The van der Waals surface area contributed by atoms with Gasteiger partial charge in [-0.1, -0.05) is 0 Å². The first-order valence-electron chi connectivity index (χ1n) is 10.0. The molecule has 28 heavy (non-hydrogen) atoms. The predicted octanol–water partition coefficient (Wildman–Crippen LogP) is 2.19. The van der Waals surface area contributed by atoms with Crippen LogP contribution >= 0.6 is 0 Å². The van der Waals surface area contributed by atoms with Crippen molar-refractivity contribution >= 4 is 35.2 Å². The lowest BCUT2D eigenvalue weighted by Crippen LogP contribution is -2.19. The second-order valence-electron chi connectivity index (χ2n) is 8.18. The Morgan fingerprint density at radius 1 is 1.32 bits per heavy atom. The fraction of sp³-hybridized carbons (Fsp3) is 0.500. The van der Waals surface area contributed by atoms with Crippen molar-refractivity contribution in [2.75, 3.05) is 17.2 Å². The number of fused-ring (bicyclic) bond motifs is 1. The zero-order valence-electron chi connectivity index (χ0n) is 15.9. The van der Waals surface area contributed by atoms with Crippen molar-refractivity contribution in [3.8, 4) is 0 Å². The van der Waals surface area contributed by atoms with E-state index in [-0.39, 0.29) is 18.2 Å². The second-order valence-corrected chi connectivity index (χ2v) is 8.18. The molecular weight excluding hydrogens is 356 g/mol. The highest BCUT2D eigenvalue weighted by atomic mass is 16.2. The number of carbonyl (C=O) groups excluding carboxylic acids is 2. The van der Waals surface area contributed by atoms with Crippen molar-refractivity contribution in [2.45, 2.75) is 45.1 Å². The van der Waals surface area contributed by atoms with Crippen LogP contribution in [-0.2, 0) is 9.59 Å². The monoisotopic (exact) mass is 380 g/mol. The average molecular weight is 380 g/mol. The molecule has 1 unspecified atom stereocenters. The predicted molar refractivity (Wildman–Crippen MR) is 106 cm³/mol. The van der Waals surface area contributed by atoms with E-state index in [4.69, 9.17) is 4.98 Å². The number of imide groups is 1. The molecule has 3 heterocycles. The Kier molecular flexibility index (Phi) is 4.07. The van der Waals surface area contributed by atoms with Crippen molar-refractivity contribution in [1.29, 1.82) is 0 Å². The van der Waals surface area contributed by atoms with Crippen molar-refractivity contribution in [1.82, 2.24) is 19.9 Å².